The summed E-state index contributed by atoms with van der Waals surface area (Å²) in [6, 6.07) is 13.4. The van der Waals surface area contributed by atoms with Gasteiger partial charge in [0.2, 0.25) is 5.91 Å². The Hall–Kier alpha value is -4.05. The molecule has 0 aliphatic carbocycles. The Bertz CT molecular complexity index is 1220. The van der Waals surface area contributed by atoms with Crippen LogP contribution in [0.1, 0.15) is 17.3 Å². The Labute approximate surface area is 170 Å². The Kier molecular flexibility index (Phi) is 4.98. The van der Waals surface area contributed by atoms with Crippen molar-refractivity contribution in [3.05, 3.63) is 54.1 Å². The maximum atomic E-state index is 13.0. The van der Waals surface area contributed by atoms with Gasteiger partial charge in [0.1, 0.15) is 0 Å². The normalized spacial score (nSPS) is 12.1. The van der Waals surface area contributed by atoms with Crippen LogP contribution in [0.15, 0.2) is 53.2 Å². The van der Waals surface area contributed by atoms with Gasteiger partial charge in [-0.15, -0.1) is 0 Å². The first kappa shape index (κ1) is 19.3. The number of hydrogen-bond acceptors (Lipinski definition) is 8. The minimum Gasteiger partial charge on any atom is -0.379 e. The van der Waals surface area contributed by atoms with Crippen molar-refractivity contribution in [2.75, 3.05) is 11.1 Å². The number of para-hydroxylation sites is 2. The fourth-order valence-electron chi connectivity index (χ4n) is 3.00. The molecule has 0 aliphatic heterocycles. The monoisotopic (exact) mass is 405 g/mol. The number of anilines is 2. The molecular weight excluding hydrogens is 386 g/mol. The van der Waals surface area contributed by atoms with Crippen LogP contribution in [-0.4, -0.2) is 37.6 Å². The Morgan fingerprint density at radius 3 is 2.53 bits per heavy atom. The van der Waals surface area contributed by atoms with Crippen LogP contribution in [0.5, 0.6) is 0 Å². The predicted octanol–water partition coefficient (Wildman–Crippen LogP) is 1.84. The number of nitrogens with two attached hydrogens (primary N) is 2. The molecule has 0 fully saturated rings. The number of benzene rings is 2. The topological polar surface area (TPSA) is 155 Å². The van der Waals surface area contributed by atoms with Gasteiger partial charge in [-0.05, 0) is 53.6 Å². The molecule has 4 aromatic rings. The average Bonchev–Trinajstić information content (AvgIpc) is 3.31. The molecule has 0 spiro atoms. The molecule has 0 saturated heterocycles. The molecule has 0 radical (unpaired) electrons. The van der Waals surface area contributed by atoms with E-state index in [9.17, 15) is 9.59 Å². The highest BCUT2D eigenvalue weighted by Crippen LogP contribution is 2.27. The van der Waals surface area contributed by atoms with Crippen molar-refractivity contribution in [3.63, 3.8) is 0 Å². The van der Waals surface area contributed by atoms with Gasteiger partial charge in [0.05, 0.1) is 23.6 Å². The number of nitrogens with zero attached hydrogens (tertiary/aromatic N) is 4. The van der Waals surface area contributed by atoms with Crippen LogP contribution < -0.4 is 16.8 Å². The highest BCUT2D eigenvalue weighted by molar-refractivity contribution is 5.99. The third-order valence-electron chi connectivity index (χ3n) is 4.57. The van der Waals surface area contributed by atoms with Crippen LogP contribution >= 0.6 is 0 Å². The molecule has 1 unspecified atom stereocenters. The van der Waals surface area contributed by atoms with Gasteiger partial charge >= 0.3 is 0 Å². The van der Waals surface area contributed by atoms with Crippen molar-refractivity contribution in [2.24, 2.45) is 5.73 Å². The minimum absolute atomic E-state index is 0.00763. The summed E-state index contributed by atoms with van der Waals surface area (Å²) in [5.74, 6) is 0.0271. The molecule has 152 valence electrons. The zero-order valence-electron chi connectivity index (χ0n) is 16.1. The summed E-state index contributed by atoms with van der Waals surface area (Å²) in [5, 5.41) is 10.1. The minimum atomic E-state index is -0.627. The maximum Gasteiger partial charge on any atom is 0.240 e. The van der Waals surface area contributed by atoms with E-state index in [0.29, 0.717) is 22.6 Å². The van der Waals surface area contributed by atoms with E-state index in [2.05, 4.69) is 20.6 Å². The quantitative estimate of drug-likeness (QED) is 0.410. The van der Waals surface area contributed by atoms with Gasteiger partial charge in [-0.1, -0.05) is 12.1 Å². The predicted molar refractivity (Wildman–Crippen MR) is 110 cm³/mol. The molecule has 0 saturated carbocycles. The first-order valence-electron chi connectivity index (χ1n) is 9.17. The zero-order chi connectivity index (χ0) is 21.3. The molecule has 10 nitrogen and oxygen atoms in total. The Morgan fingerprint density at radius 1 is 1.13 bits per heavy atom. The van der Waals surface area contributed by atoms with Crippen LogP contribution in [0.3, 0.4) is 0 Å². The van der Waals surface area contributed by atoms with Crippen LogP contribution in [0, 0.1) is 0 Å². The second kappa shape index (κ2) is 7.76. The van der Waals surface area contributed by atoms with Gasteiger partial charge in [0.25, 0.3) is 0 Å². The van der Waals surface area contributed by atoms with Crippen molar-refractivity contribution < 1.29 is 14.2 Å². The highest BCUT2D eigenvalue weighted by atomic mass is 16.6. The molecule has 1 atom stereocenters. The van der Waals surface area contributed by atoms with Crippen molar-refractivity contribution in [1.82, 2.24) is 19.9 Å². The molecule has 10 heteroatoms. The second-order valence-electron chi connectivity index (χ2n) is 6.79. The third-order valence-corrected chi connectivity index (χ3v) is 4.57. The van der Waals surface area contributed by atoms with E-state index in [0.717, 1.165) is 5.52 Å². The fourth-order valence-corrected chi connectivity index (χ4v) is 3.00. The SMILES string of the molecule is CC(N)C(=O)Nc1ccc(C(=O)Cn2c(-c3nonc3N)nc3ccccc32)cc1. The number of carbonyl (C=O) groups is 2. The number of nitrogen functional groups attached to an aromatic ring is 1. The molecule has 4 rings (SSSR count). The molecule has 30 heavy (non-hydrogen) atoms. The number of hydrogen-bond donors (Lipinski definition) is 3. The van der Waals surface area contributed by atoms with Gasteiger partial charge in [-0.2, -0.15) is 0 Å². The van der Waals surface area contributed by atoms with E-state index in [-0.39, 0.29) is 29.7 Å². The van der Waals surface area contributed by atoms with Crippen LogP contribution in [-0.2, 0) is 11.3 Å². The average molecular weight is 405 g/mol. The number of amides is 1. The van der Waals surface area contributed by atoms with E-state index in [1.165, 1.54) is 0 Å². The summed E-state index contributed by atoms with van der Waals surface area (Å²) >= 11 is 0. The van der Waals surface area contributed by atoms with Gasteiger partial charge in [0.15, 0.2) is 23.1 Å². The van der Waals surface area contributed by atoms with Gasteiger partial charge in [-0.3, -0.25) is 9.59 Å². The lowest BCUT2D eigenvalue weighted by Crippen LogP contribution is -2.32. The molecule has 2 aromatic heterocycles. The van der Waals surface area contributed by atoms with Crippen molar-refractivity contribution in [2.45, 2.75) is 19.5 Å². The fraction of sp³-hybridized carbons (Fsp3) is 0.150. The molecule has 0 aliphatic rings. The van der Waals surface area contributed by atoms with E-state index < -0.39 is 6.04 Å². The number of Topliss-reactive ketones (excluding diaryl/α,β-unsaturated/α-hetero) is 1. The third kappa shape index (κ3) is 3.63. The van der Waals surface area contributed by atoms with E-state index in [1.54, 1.807) is 35.8 Å². The first-order valence-corrected chi connectivity index (χ1v) is 9.17. The largest absolute Gasteiger partial charge is 0.379 e. The molecule has 2 heterocycles. The number of aromatic nitrogens is 4. The summed E-state index contributed by atoms with van der Waals surface area (Å²) in [6.07, 6.45) is 0. The van der Waals surface area contributed by atoms with Gasteiger partial charge in [-0.25, -0.2) is 9.61 Å². The number of imidazole rings is 1. The highest BCUT2D eigenvalue weighted by Gasteiger charge is 2.21. The molecule has 0 bridgehead atoms. The van der Waals surface area contributed by atoms with E-state index in [1.807, 2.05) is 24.3 Å². The number of nitrogens with one attached hydrogen (secondary N) is 1. The van der Waals surface area contributed by atoms with Crippen LogP contribution in [0.25, 0.3) is 22.6 Å². The maximum absolute atomic E-state index is 13.0. The Balaban J connectivity index is 1.63. The lowest BCUT2D eigenvalue weighted by molar-refractivity contribution is -0.117. The summed E-state index contributed by atoms with van der Waals surface area (Å²) in [5.41, 5.74) is 14.1. The van der Waals surface area contributed by atoms with Gasteiger partial charge < -0.3 is 21.4 Å². The first-order chi connectivity index (χ1) is 14.4. The van der Waals surface area contributed by atoms with E-state index >= 15 is 0 Å². The summed E-state index contributed by atoms with van der Waals surface area (Å²) in [6.45, 7) is 1.60. The van der Waals surface area contributed by atoms with Gasteiger partial charge in [0, 0.05) is 11.3 Å². The number of carbonyl (C=O) groups excluding carboxylic acids is 2. The van der Waals surface area contributed by atoms with Crippen LogP contribution in [0.4, 0.5) is 11.5 Å². The molecule has 1 amide bonds. The summed E-state index contributed by atoms with van der Waals surface area (Å²) in [7, 11) is 0. The number of ketones is 1. The second-order valence-corrected chi connectivity index (χ2v) is 6.79. The number of fused-ring (bicyclic) bond motifs is 1. The Morgan fingerprint density at radius 2 is 1.87 bits per heavy atom. The molecular formula is C20H19N7O3. The van der Waals surface area contributed by atoms with E-state index in [4.69, 9.17) is 16.1 Å². The number of rotatable bonds is 6. The molecule has 5 N–H and O–H groups in total. The smallest absolute Gasteiger partial charge is 0.240 e. The summed E-state index contributed by atoms with van der Waals surface area (Å²) < 4.78 is 6.42. The van der Waals surface area contributed by atoms with Crippen LogP contribution in [0.2, 0.25) is 0 Å². The lowest BCUT2D eigenvalue weighted by Gasteiger charge is -2.10. The lowest BCUT2D eigenvalue weighted by atomic mass is 10.1. The summed E-state index contributed by atoms with van der Waals surface area (Å²) in [4.78, 5) is 29.2. The van der Waals surface area contributed by atoms with Crippen molar-refractivity contribution in [3.8, 4) is 11.5 Å². The molecule has 2 aromatic carbocycles. The standard InChI is InChI=1S/C20H19N7O3/c1-11(21)20(29)23-13-8-6-12(7-9-13)16(28)10-27-15-5-3-2-4-14(15)24-19(27)17-18(22)26-30-25-17/h2-9,11H,10,21H2,1H3,(H2,22,26)(H,23,29). The van der Waals surface area contributed by atoms with Crippen molar-refractivity contribution in [1.29, 1.82) is 0 Å². The zero-order valence-corrected chi connectivity index (χ0v) is 16.1. The van der Waals surface area contributed by atoms with Crippen molar-refractivity contribution >= 4 is 34.2 Å².